The molecule has 0 radical (unpaired) electrons. The molecule has 0 aliphatic heterocycles. The molecule has 1 heterocycles. The van der Waals surface area contributed by atoms with Crippen molar-refractivity contribution >= 4 is 22.6 Å². The number of nitrogens with zero attached hydrogens (tertiary/aromatic N) is 1. The van der Waals surface area contributed by atoms with Crippen LogP contribution in [0.3, 0.4) is 0 Å². The van der Waals surface area contributed by atoms with Crippen molar-refractivity contribution in [2.24, 2.45) is 0 Å². The summed E-state index contributed by atoms with van der Waals surface area (Å²) in [4.78, 5) is 3.81. The predicted octanol–water partition coefficient (Wildman–Crippen LogP) is 2.61. The van der Waals surface area contributed by atoms with E-state index in [1.807, 2.05) is 36.4 Å². The molecule has 12 heavy (non-hydrogen) atoms. The Morgan fingerprint density at radius 2 is 2.25 bits per heavy atom. The van der Waals surface area contributed by atoms with Gasteiger partial charge >= 0.3 is 0 Å². The number of halogens is 2. The number of hydrogen-bond acceptors (Lipinski definition) is 2. The van der Waals surface area contributed by atoms with Crippen molar-refractivity contribution in [1.29, 1.82) is 0 Å². The van der Waals surface area contributed by atoms with Gasteiger partial charge in [-0.15, -0.1) is 0 Å². The fraction of sp³-hybridized carbons (Fsp3) is 0.375. The molecule has 1 aromatic rings. The molecule has 66 valence electrons. The molecule has 0 fully saturated rings. The summed E-state index contributed by atoms with van der Waals surface area (Å²) in [6.45, 7) is 3.66. The van der Waals surface area contributed by atoms with Gasteiger partial charge in [-0.3, -0.25) is 0 Å². The molecule has 0 spiro atoms. The van der Waals surface area contributed by atoms with E-state index in [2.05, 4.69) is 4.98 Å². The van der Waals surface area contributed by atoms with E-state index in [4.69, 9.17) is 4.74 Å². The zero-order valence-electron chi connectivity index (χ0n) is 6.84. The van der Waals surface area contributed by atoms with Crippen LogP contribution >= 0.6 is 22.6 Å². The second-order valence-corrected chi connectivity index (χ2v) is 3.85. The third-order valence-electron chi connectivity index (χ3n) is 1.12. The first-order valence-electron chi connectivity index (χ1n) is 3.57. The van der Waals surface area contributed by atoms with Gasteiger partial charge in [0, 0.05) is 9.77 Å². The first kappa shape index (κ1) is 9.70. The fourth-order valence-corrected chi connectivity index (χ4v) is 1.12. The van der Waals surface area contributed by atoms with Gasteiger partial charge in [0.15, 0.2) is 5.82 Å². The van der Waals surface area contributed by atoms with Crippen molar-refractivity contribution in [3.63, 3.8) is 0 Å². The average Bonchev–Trinajstić information content (AvgIpc) is 1.94. The van der Waals surface area contributed by atoms with Crippen LogP contribution in [-0.2, 0) is 0 Å². The van der Waals surface area contributed by atoms with Crippen LogP contribution in [0.15, 0.2) is 12.3 Å². The molecule has 0 atom stereocenters. The first-order valence-corrected chi connectivity index (χ1v) is 4.65. The zero-order chi connectivity index (χ0) is 9.14. The Balaban J connectivity index is 2.86. The van der Waals surface area contributed by atoms with Crippen LogP contribution in [-0.4, -0.2) is 11.1 Å². The first-order chi connectivity index (χ1) is 5.59. The molecule has 0 aliphatic carbocycles. The summed E-state index contributed by atoms with van der Waals surface area (Å²) in [5.41, 5.74) is 0. The summed E-state index contributed by atoms with van der Waals surface area (Å²) in [5, 5.41) is 0. The van der Waals surface area contributed by atoms with Crippen molar-refractivity contribution in [3.8, 4) is 5.88 Å². The number of ether oxygens (including phenoxy) is 1. The maximum absolute atomic E-state index is 13.0. The molecule has 0 aromatic carbocycles. The van der Waals surface area contributed by atoms with E-state index in [9.17, 15) is 4.39 Å². The van der Waals surface area contributed by atoms with Crippen LogP contribution in [0.2, 0.25) is 0 Å². The smallest absolute Gasteiger partial charge is 0.250 e. The zero-order valence-corrected chi connectivity index (χ0v) is 9.00. The van der Waals surface area contributed by atoms with Crippen LogP contribution in [0.4, 0.5) is 4.39 Å². The number of aromatic nitrogens is 1. The second-order valence-electron chi connectivity index (χ2n) is 2.61. The minimum atomic E-state index is -0.407. The molecule has 0 aliphatic rings. The summed E-state index contributed by atoms with van der Waals surface area (Å²) >= 11 is 2.00. The van der Waals surface area contributed by atoms with Crippen molar-refractivity contribution in [2.45, 2.75) is 20.0 Å². The Hall–Kier alpha value is -0.390. The largest absolute Gasteiger partial charge is 0.473 e. The lowest BCUT2D eigenvalue weighted by Crippen LogP contribution is -2.08. The summed E-state index contributed by atoms with van der Waals surface area (Å²) in [7, 11) is 0. The molecule has 0 amide bonds. The highest BCUT2D eigenvalue weighted by atomic mass is 127. The number of rotatable bonds is 2. The molecule has 2 nitrogen and oxygen atoms in total. The molecule has 0 saturated heterocycles. The maximum atomic E-state index is 13.0. The lowest BCUT2D eigenvalue weighted by Gasteiger charge is -2.08. The van der Waals surface area contributed by atoms with Crippen LogP contribution in [0.1, 0.15) is 13.8 Å². The summed E-state index contributed by atoms with van der Waals surface area (Å²) in [6, 6.07) is 1.39. The monoisotopic (exact) mass is 281 g/mol. The molecule has 0 bridgehead atoms. The van der Waals surface area contributed by atoms with Gasteiger partial charge in [0.1, 0.15) is 0 Å². The van der Waals surface area contributed by atoms with Gasteiger partial charge in [-0.05, 0) is 42.5 Å². The Morgan fingerprint density at radius 1 is 1.58 bits per heavy atom. The summed E-state index contributed by atoms with van der Waals surface area (Å²) in [6.07, 6.45) is 1.52. The van der Waals surface area contributed by atoms with Gasteiger partial charge < -0.3 is 4.74 Å². The Labute approximate surface area is 84.3 Å². The maximum Gasteiger partial charge on any atom is 0.250 e. The number of pyridine rings is 1. The molecular weight excluding hydrogens is 272 g/mol. The molecular formula is C8H9FINO. The van der Waals surface area contributed by atoms with Crippen molar-refractivity contribution in [3.05, 3.63) is 21.7 Å². The normalized spacial score (nSPS) is 10.4. The third kappa shape index (κ3) is 2.58. The molecule has 1 rings (SSSR count). The summed E-state index contributed by atoms with van der Waals surface area (Å²) in [5.74, 6) is -0.332. The average molecular weight is 281 g/mol. The van der Waals surface area contributed by atoms with E-state index in [1.165, 1.54) is 6.07 Å². The standard InChI is InChI=1S/C8H9FINO/c1-5(2)12-8-7(9)3-6(10)4-11-8/h3-5H,1-2H3. The van der Waals surface area contributed by atoms with Crippen LogP contribution in [0.25, 0.3) is 0 Å². The third-order valence-corrected chi connectivity index (χ3v) is 1.71. The van der Waals surface area contributed by atoms with Crippen molar-refractivity contribution in [2.75, 3.05) is 0 Å². The van der Waals surface area contributed by atoms with Crippen molar-refractivity contribution in [1.82, 2.24) is 4.98 Å². The van der Waals surface area contributed by atoms with Crippen LogP contribution < -0.4 is 4.74 Å². The van der Waals surface area contributed by atoms with Crippen LogP contribution in [0, 0.1) is 9.39 Å². The van der Waals surface area contributed by atoms with E-state index in [0.717, 1.165) is 3.57 Å². The quantitative estimate of drug-likeness (QED) is 0.777. The minimum Gasteiger partial charge on any atom is -0.473 e. The van der Waals surface area contributed by atoms with E-state index >= 15 is 0 Å². The predicted molar refractivity (Wildman–Crippen MR) is 52.7 cm³/mol. The molecule has 1 aromatic heterocycles. The Kier molecular flexibility index (Phi) is 3.25. The van der Waals surface area contributed by atoms with E-state index in [-0.39, 0.29) is 12.0 Å². The van der Waals surface area contributed by atoms with Gasteiger partial charge in [-0.25, -0.2) is 9.37 Å². The van der Waals surface area contributed by atoms with E-state index in [0.29, 0.717) is 0 Å². The highest BCUT2D eigenvalue weighted by Crippen LogP contribution is 2.16. The van der Waals surface area contributed by atoms with Gasteiger partial charge in [0.05, 0.1) is 6.10 Å². The SMILES string of the molecule is CC(C)Oc1ncc(I)cc1F. The molecule has 0 unspecified atom stereocenters. The van der Waals surface area contributed by atoms with Gasteiger partial charge in [0.2, 0.25) is 0 Å². The highest BCUT2D eigenvalue weighted by Gasteiger charge is 2.06. The topological polar surface area (TPSA) is 22.1 Å². The molecule has 0 N–H and O–H groups in total. The van der Waals surface area contributed by atoms with Gasteiger partial charge in [-0.2, -0.15) is 0 Å². The van der Waals surface area contributed by atoms with Crippen LogP contribution in [0.5, 0.6) is 5.88 Å². The minimum absolute atomic E-state index is 0.0490. The second kappa shape index (κ2) is 4.02. The highest BCUT2D eigenvalue weighted by molar-refractivity contribution is 14.1. The Morgan fingerprint density at radius 3 is 2.75 bits per heavy atom. The van der Waals surface area contributed by atoms with Crippen molar-refractivity contribution < 1.29 is 9.13 Å². The fourth-order valence-electron chi connectivity index (χ4n) is 0.712. The van der Waals surface area contributed by atoms with E-state index < -0.39 is 5.82 Å². The van der Waals surface area contributed by atoms with Gasteiger partial charge in [-0.1, -0.05) is 0 Å². The summed E-state index contributed by atoms with van der Waals surface area (Å²) < 4.78 is 18.9. The lowest BCUT2D eigenvalue weighted by atomic mass is 10.4. The molecule has 0 saturated carbocycles. The molecule has 4 heteroatoms. The van der Waals surface area contributed by atoms with E-state index in [1.54, 1.807) is 6.20 Å². The Bertz CT molecular complexity index is 278. The van der Waals surface area contributed by atoms with Gasteiger partial charge in [0.25, 0.3) is 5.88 Å². The number of hydrogen-bond donors (Lipinski definition) is 0. The lowest BCUT2D eigenvalue weighted by molar-refractivity contribution is 0.220.